The number of hydrogen-bond acceptors (Lipinski definition) is 2. The molecule has 0 amide bonds. The summed E-state index contributed by atoms with van der Waals surface area (Å²) in [6.07, 6.45) is 2.04. The van der Waals surface area contributed by atoms with E-state index in [1.165, 1.54) is 11.1 Å². The Bertz CT molecular complexity index is 363. The van der Waals surface area contributed by atoms with Gasteiger partial charge in [-0.2, -0.15) is 0 Å². The number of benzene rings is 1. The number of hydrogen-bond donors (Lipinski definition) is 0. The lowest BCUT2D eigenvalue weighted by Gasteiger charge is -2.23. The van der Waals surface area contributed by atoms with Crippen LogP contribution >= 0.6 is 0 Å². The number of rotatable bonds is 5. The zero-order valence-electron chi connectivity index (χ0n) is 11.2. The van der Waals surface area contributed by atoms with Crippen LogP contribution in [0.25, 0.3) is 0 Å². The second-order valence-corrected chi connectivity index (χ2v) is 5.07. The van der Waals surface area contributed by atoms with Crippen molar-refractivity contribution in [1.82, 2.24) is 0 Å². The minimum Gasteiger partial charge on any atom is -0.460 e. The summed E-state index contributed by atoms with van der Waals surface area (Å²) in [5.41, 5.74) is 2.08. The molecule has 0 aromatic heterocycles. The molecule has 0 N–H and O–H groups in total. The van der Waals surface area contributed by atoms with Crippen molar-refractivity contribution < 1.29 is 9.53 Å². The Kier molecular flexibility index (Phi) is 4.73. The number of carbonyl (C=O) groups excluding carboxylic acids is 1. The molecule has 0 aliphatic carbocycles. The zero-order valence-corrected chi connectivity index (χ0v) is 11.2. The normalized spacial score (nSPS) is 11.3. The van der Waals surface area contributed by atoms with E-state index in [4.69, 9.17) is 4.74 Å². The average molecular weight is 234 g/mol. The molecule has 0 saturated heterocycles. The van der Waals surface area contributed by atoms with Gasteiger partial charge in [-0.05, 0) is 39.2 Å². The highest BCUT2D eigenvalue weighted by Crippen LogP contribution is 2.15. The third-order valence-electron chi connectivity index (χ3n) is 2.98. The summed E-state index contributed by atoms with van der Waals surface area (Å²) < 4.78 is 5.39. The Morgan fingerprint density at radius 3 is 2.35 bits per heavy atom. The van der Waals surface area contributed by atoms with Gasteiger partial charge >= 0.3 is 5.97 Å². The van der Waals surface area contributed by atoms with Crippen LogP contribution in [-0.2, 0) is 16.0 Å². The summed E-state index contributed by atoms with van der Waals surface area (Å²) in [5, 5.41) is 0. The molecule has 0 spiro atoms. The second-order valence-electron chi connectivity index (χ2n) is 5.07. The van der Waals surface area contributed by atoms with Crippen molar-refractivity contribution in [2.75, 3.05) is 0 Å². The first-order valence-corrected chi connectivity index (χ1v) is 6.20. The molecule has 0 heterocycles. The van der Waals surface area contributed by atoms with Crippen molar-refractivity contribution in [2.45, 2.75) is 52.6 Å². The monoisotopic (exact) mass is 234 g/mol. The predicted molar refractivity (Wildman–Crippen MR) is 70.0 cm³/mol. The highest BCUT2D eigenvalue weighted by molar-refractivity contribution is 5.70. The van der Waals surface area contributed by atoms with Gasteiger partial charge in [0.2, 0.25) is 0 Å². The third kappa shape index (κ3) is 5.03. The molecule has 0 atom stereocenters. The van der Waals surface area contributed by atoms with Crippen molar-refractivity contribution in [3.8, 4) is 0 Å². The highest BCUT2D eigenvalue weighted by Gasteiger charge is 2.19. The maximum absolute atomic E-state index is 11.6. The van der Waals surface area contributed by atoms with E-state index in [2.05, 4.69) is 31.2 Å². The summed E-state index contributed by atoms with van der Waals surface area (Å²) in [5.74, 6) is -0.113. The quantitative estimate of drug-likeness (QED) is 0.727. The lowest BCUT2D eigenvalue weighted by molar-refractivity contribution is -0.156. The Hall–Kier alpha value is -1.31. The van der Waals surface area contributed by atoms with Crippen LogP contribution < -0.4 is 0 Å². The fourth-order valence-electron chi connectivity index (χ4n) is 1.43. The molecule has 0 saturated carbocycles. The molecule has 0 aliphatic rings. The van der Waals surface area contributed by atoms with Gasteiger partial charge in [-0.15, -0.1) is 0 Å². The van der Waals surface area contributed by atoms with E-state index in [0.717, 1.165) is 12.8 Å². The summed E-state index contributed by atoms with van der Waals surface area (Å²) in [4.78, 5) is 11.6. The lowest BCUT2D eigenvalue weighted by Crippen LogP contribution is -2.27. The van der Waals surface area contributed by atoms with Crippen LogP contribution in [0.15, 0.2) is 24.3 Å². The smallest absolute Gasteiger partial charge is 0.306 e. The molecule has 0 unspecified atom stereocenters. The maximum atomic E-state index is 11.6. The topological polar surface area (TPSA) is 26.3 Å². The van der Waals surface area contributed by atoms with Crippen LogP contribution in [0.3, 0.4) is 0 Å². The number of carbonyl (C=O) groups is 1. The maximum Gasteiger partial charge on any atom is 0.306 e. The van der Waals surface area contributed by atoms with Crippen LogP contribution in [0, 0.1) is 6.92 Å². The molecule has 1 rings (SSSR count). The van der Waals surface area contributed by atoms with Crippen LogP contribution in [0.5, 0.6) is 0 Å². The molecule has 0 bridgehead atoms. The Labute approximate surface area is 104 Å². The number of ether oxygens (including phenoxy) is 1. The van der Waals surface area contributed by atoms with Crippen molar-refractivity contribution in [2.24, 2.45) is 0 Å². The van der Waals surface area contributed by atoms with Crippen LogP contribution in [0.4, 0.5) is 0 Å². The summed E-state index contributed by atoms with van der Waals surface area (Å²) in [6.45, 7) is 7.96. The van der Waals surface area contributed by atoms with Gasteiger partial charge in [0.15, 0.2) is 0 Å². The zero-order chi connectivity index (χ0) is 12.9. The molecule has 1 aromatic rings. The molecule has 1 aromatic carbocycles. The lowest BCUT2D eigenvalue weighted by atomic mass is 10.1. The highest BCUT2D eigenvalue weighted by atomic mass is 16.6. The molecule has 17 heavy (non-hydrogen) atoms. The largest absolute Gasteiger partial charge is 0.460 e. The SMILES string of the molecule is CCC(C)(C)OC(=O)CCc1ccc(C)cc1. The van der Waals surface area contributed by atoms with Crippen molar-refractivity contribution in [1.29, 1.82) is 0 Å². The van der Waals surface area contributed by atoms with Crippen molar-refractivity contribution in [3.05, 3.63) is 35.4 Å². The average Bonchev–Trinajstić information content (AvgIpc) is 2.28. The van der Waals surface area contributed by atoms with E-state index in [-0.39, 0.29) is 11.6 Å². The number of esters is 1. The molecule has 0 aliphatic heterocycles. The van der Waals surface area contributed by atoms with E-state index in [1.54, 1.807) is 0 Å². The summed E-state index contributed by atoms with van der Waals surface area (Å²) in [7, 11) is 0. The molecule has 94 valence electrons. The van der Waals surface area contributed by atoms with Gasteiger partial charge < -0.3 is 4.74 Å². The fraction of sp³-hybridized carbons (Fsp3) is 0.533. The van der Waals surface area contributed by atoms with Crippen molar-refractivity contribution in [3.63, 3.8) is 0 Å². The van der Waals surface area contributed by atoms with Crippen molar-refractivity contribution >= 4 is 5.97 Å². The van der Waals surface area contributed by atoms with Gasteiger partial charge in [-0.3, -0.25) is 4.79 Å². The third-order valence-corrected chi connectivity index (χ3v) is 2.98. The van der Waals surface area contributed by atoms with Gasteiger partial charge in [0.05, 0.1) is 0 Å². The van der Waals surface area contributed by atoms with Crippen LogP contribution in [0.1, 0.15) is 44.7 Å². The fourth-order valence-corrected chi connectivity index (χ4v) is 1.43. The molecular weight excluding hydrogens is 212 g/mol. The first kappa shape index (κ1) is 13.8. The van der Waals surface area contributed by atoms with E-state index in [1.807, 2.05) is 20.8 Å². The Balaban J connectivity index is 2.41. The van der Waals surface area contributed by atoms with E-state index in [9.17, 15) is 4.79 Å². The molecule has 0 radical (unpaired) electrons. The van der Waals surface area contributed by atoms with E-state index < -0.39 is 0 Å². The van der Waals surface area contributed by atoms with E-state index in [0.29, 0.717) is 6.42 Å². The van der Waals surface area contributed by atoms with E-state index >= 15 is 0 Å². The molecule has 0 fully saturated rings. The van der Waals surface area contributed by atoms with Gasteiger partial charge in [0, 0.05) is 6.42 Å². The standard InChI is InChI=1S/C15H22O2/c1-5-15(3,4)17-14(16)11-10-13-8-6-12(2)7-9-13/h6-9H,5,10-11H2,1-4H3. The second kappa shape index (κ2) is 5.85. The molecule has 2 nitrogen and oxygen atoms in total. The van der Waals surface area contributed by atoms with Gasteiger partial charge in [0.25, 0.3) is 0 Å². The first-order chi connectivity index (χ1) is 7.93. The number of aryl methyl sites for hydroxylation is 2. The summed E-state index contributed by atoms with van der Waals surface area (Å²) >= 11 is 0. The van der Waals surface area contributed by atoms with Crippen LogP contribution in [0.2, 0.25) is 0 Å². The first-order valence-electron chi connectivity index (χ1n) is 6.20. The molecular formula is C15H22O2. The van der Waals surface area contributed by atoms with Gasteiger partial charge in [-0.1, -0.05) is 36.8 Å². The Morgan fingerprint density at radius 2 is 1.82 bits per heavy atom. The molecule has 2 heteroatoms. The van der Waals surface area contributed by atoms with Gasteiger partial charge in [-0.25, -0.2) is 0 Å². The van der Waals surface area contributed by atoms with Crippen LogP contribution in [-0.4, -0.2) is 11.6 Å². The Morgan fingerprint density at radius 1 is 1.24 bits per heavy atom. The minimum atomic E-state index is -0.343. The minimum absolute atomic E-state index is 0.113. The predicted octanol–water partition coefficient (Wildman–Crippen LogP) is 3.66. The summed E-state index contributed by atoms with van der Waals surface area (Å²) in [6, 6.07) is 8.26. The van der Waals surface area contributed by atoms with Gasteiger partial charge in [0.1, 0.15) is 5.60 Å².